The minimum atomic E-state index is -0.985. The lowest BCUT2D eigenvalue weighted by Gasteiger charge is -2.24. The molecule has 0 spiro atoms. The Morgan fingerprint density at radius 3 is 2.50 bits per heavy atom. The zero-order valence-electron chi connectivity index (χ0n) is 20.1. The van der Waals surface area contributed by atoms with E-state index in [0.717, 1.165) is 52.3 Å². The van der Waals surface area contributed by atoms with Crippen LogP contribution in [0.5, 0.6) is 0 Å². The quantitative estimate of drug-likeness (QED) is 0.347. The summed E-state index contributed by atoms with van der Waals surface area (Å²) in [5, 5.41) is 37.7. The van der Waals surface area contributed by atoms with E-state index >= 15 is 0 Å². The SMILES string of the molecule is CCc1c(NCC2CC2)nc(NC2CC(CO)C(O)C2O)c(-c2nc3ccccc3n2C)c1C. The maximum atomic E-state index is 10.7. The van der Waals surface area contributed by atoms with Crippen molar-refractivity contribution in [1.29, 1.82) is 0 Å². The summed E-state index contributed by atoms with van der Waals surface area (Å²) in [5.41, 5.74) is 5.11. The topological polar surface area (TPSA) is 115 Å². The number of imidazole rings is 1. The second-order valence-corrected chi connectivity index (χ2v) is 9.86. The highest BCUT2D eigenvalue weighted by atomic mass is 16.3. The number of para-hydroxylation sites is 2. The third-order valence-electron chi connectivity index (χ3n) is 7.55. The fourth-order valence-electron chi connectivity index (χ4n) is 5.25. The molecule has 34 heavy (non-hydrogen) atoms. The van der Waals surface area contributed by atoms with Gasteiger partial charge in [0, 0.05) is 26.1 Å². The number of anilines is 2. The van der Waals surface area contributed by atoms with Gasteiger partial charge in [0.25, 0.3) is 0 Å². The molecule has 3 aromatic rings. The van der Waals surface area contributed by atoms with Gasteiger partial charge in [-0.25, -0.2) is 9.97 Å². The van der Waals surface area contributed by atoms with E-state index in [2.05, 4.69) is 35.1 Å². The summed E-state index contributed by atoms with van der Waals surface area (Å²) in [6.07, 6.45) is 1.85. The van der Waals surface area contributed by atoms with Gasteiger partial charge in [-0.05, 0) is 61.8 Å². The van der Waals surface area contributed by atoms with Gasteiger partial charge in [-0.3, -0.25) is 0 Å². The molecule has 4 unspecified atom stereocenters. The standard InChI is InChI=1S/C26H35N5O3/c1-4-17-14(2)21(26-29-18-7-5-6-8-20(18)31(26)3)25(30-24(17)27-12-15-9-10-15)28-19-11-16(13-32)22(33)23(19)34/h5-8,15-16,19,22-23,32-34H,4,9-13H2,1-3H3,(H2,27,28,30). The van der Waals surface area contributed by atoms with Crippen molar-refractivity contribution in [2.24, 2.45) is 18.9 Å². The second-order valence-electron chi connectivity index (χ2n) is 9.86. The summed E-state index contributed by atoms with van der Waals surface area (Å²) in [6.45, 7) is 4.99. The Hall–Kier alpha value is -2.68. The van der Waals surface area contributed by atoms with Gasteiger partial charge < -0.3 is 30.5 Å². The highest BCUT2D eigenvalue weighted by Crippen LogP contribution is 2.39. The lowest BCUT2D eigenvalue weighted by molar-refractivity contribution is 0.00446. The summed E-state index contributed by atoms with van der Waals surface area (Å²) in [7, 11) is 2.01. The van der Waals surface area contributed by atoms with Crippen LogP contribution in [0.15, 0.2) is 24.3 Å². The monoisotopic (exact) mass is 465 g/mol. The minimum absolute atomic E-state index is 0.163. The first-order chi connectivity index (χ1) is 16.4. The summed E-state index contributed by atoms with van der Waals surface area (Å²) < 4.78 is 2.08. The third kappa shape index (κ3) is 4.04. The third-order valence-corrected chi connectivity index (χ3v) is 7.55. The second kappa shape index (κ2) is 9.17. The largest absolute Gasteiger partial charge is 0.396 e. The van der Waals surface area contributed by atoms with E-state index in [1.54, 1.807) is 0 Å². The van der Waals surface area contributed by atoms with Crippen LogP contribution in [0.25, 0.3) is 22.4 Å². The summed E-state index contributed by atoms with van der Waals surface area (Å²) in [6, 6.07) is 7.63. The normalized spacial score (nSPS) is 24.6. The van der Waals surface area contributed by atoms with Crippen molar-refractivity contribution in [1.82, 2.24) is 14.5 Å². The molecular weight excluding hydrogens is 430 g/mol. The van der Waals surface area contributed by atoms with E-state index in [4.69, 9.17) is 9.97 Å². The van der Waals surface area contributed by atoms with E-state index in [9.17, 15) is 15.3 Å². The molecule has 8 heteroatoms. The number of rotatable bonds is 8. The lowest BCUT2D eigenvalue weighted by atomic mass is 10.00. The number of nitrogens with one attached hydrogen (secondary N) is 2. The molecule has 1 aromatic carbocycles. The van der Waals surface area contributed by atoms with Gasteiger partial charge in [-0.1, -0.05) is 19.1 Å². The van der Waals surface area contributed by atoms with Crippen LogP contribution in [0.4, 0.5) is 11.6 Å². The molecular formula is C26H35N5O3. The molecule has 2 aliphatic carbocycles. The van der Waals surface area contributed by atoms with E-state index in [-0.39, 0.29) is 12.5 Å². The molecule has 0 bridgehead atoms. The van der Waals surface area contributed by atoms with Crippen LogP contribution in [0.2, 0.25) is 0 Å². The Morgan fingerprint density at radius 2 is 1.85 bits per heavy atom. The van der Waals surface area contributed by atoms with Gasteiger partial charge in [0.2, 0.25) is 0 Å². The smallest absolute Gasteiger partial charge is 0.144 e. The lowest BCUT2D eigenvalue weighted by Crippen LogP contribution is -2.36. The summed E-state index contributed by atoms with van der Waals surface area (Å²) in [4.78, 5) is 9.98. The number of aromatic nitrogens is 3. The highest BCUT2D eigenvalue weighted by molar-refractivity contribution is 5.86. The zero-order chi connectivity index (χ0) is 24.0. The van der Waals surface area contributed by atoms with Crippen LogP contribution in [0.3, 0.4) is 0 Å². The fraction of sp³-hybridized carbons (Fsp3) is 0.538. The molecule has 2 fully saturated rings. The van der Waals surface area contributed by atoms with Gasteiger partial charge >= 0.3 is 0 Å². The molecule has 5 rings (SSSR count). The Balaban J connectivity index is 1.63. The Labute approximate surface area is 200 Å². The molecule has 8 nitrogen and oxygen atoms in total. The number of nitrogens with zero attached hydrogens (tertiary/aromatic N) is 3. The first-order valence-electron chi connectivity index (χ1n) is 12.4. The van der Waals surface area contributed by atoms with Crippen molar-refractivity contribution in [2.45, 2.75) is 57.8 Å². The maximum absolute atomic E-state index is 10.7. The van der Waals surface area contributed by atoms with Crippen molar-refractivity contribution >= 4 is 22.7 Å². The van der Waals surface area contributed by atoms with Crippen LogP contribution in [0, 0.1) is 18.8 Å². The van der Waals surface area contributed by atoms with Crippen LogP contribution >= 0.6 is 0 Å². The number of pyridine rings is 1. The number of benzene rings is 1. The van der Waals surface area contributed by atoms with Crippen molar-refractivity contribution in [2.75, 3.05) is 23.8 Å². The number of aliphatic hydroxyl groups is 3. The molecule has 2 heterocycles. The first-order valence-corrected chi connectivity index (χ1v) is 12.4. The number of hydrogen-bond acceptors (Lipinski definition) is 7. The number of aryl methyl sites for hydroxylation is 1. The Kier molecular flexibility index (Phi) is 6.22. The van der Waals surface area contributed by atoms with Gasteiger partial charge in [-0.2, -0.15) is 0 Å². The maximum Gasteiger partial charge on any atom is 0.144 e. The van der Waals surface area contributed by atoms with Gasteiger partial charge in [0.15, 0.2) is 0 Å². The van der Waals surface area contributed by atoms with E-state index in [1.165, 1.54) is 12.8 Å². The molecule has 0 radical (unpaired) electrons. The van der Waals surface area contributed by atoms with Gasteiger partial charge in [0.1, 0.15) is 23.6 Å². The number of hydrogen-bond donors (Lipinski definition) is 5. The molecule has 4 atom stereocenters. The van der Waals surface area contributed by atoms with Crippen molar-refractivity contribution < 1.29 is 15.3 Å². The molecule has 5 N–H and O–H groups in total. The van der Waals surface area contributed by atoms with E-state index < -0.39 is 18.2 Å². The molecule has 0 aliphatic heterocycles. The Bertz CT molecular complexity index is 1190. The molecule has 2 saturated carbocycles. The van der Waals surface area contributed by atoms with Gasteiger partial charge in [0.05, 0.1) is 28.7 Å². The number of aliphatic hydroxyl groups excluding tert-OH is 3. The minimum Gasteiger partial charge on any atom is -0.396 e. The van der Waals surface area contributed by atoms with Crippen LogP contribution < -0.4 is 10.6 Å². The van der Waals surface area contributed by atoms with Crippen LogP contribution in [-0.4, -0.2) is 61.3 Å². The molecule has 182 valence electrons. The zero-order valence-corrected chi connectivity index (χ0v) is 20.1. The predicted molar refractivity (Wildman–Crippen MR) is 134 cm³/mol. The Morgan fingerprint density at radius 1 is 1.09 bits per heavy atom. The van der Waals surface area contributed by atoms with E-state index in [1.807, 2.05) is 25.2 Å². The van der Waals surface area contributed by atoms with Gasteiger partial charge in [-0.15, -0.1) is 0 Å². The molecule has 2 aliphatic rings. The molecule has 2 aromatic heterocycles. The average Bonchev–Trinajstić information content (AvgIpc) is 3.56. The van der Waals surface area contributed by atoms with Crippen LogP contribution in [-0.2, 0) is 13.5 Å². The van der Waals surface area contributed by atoms with E-state index in [0.29, 0.717) is 18.2 Å². The van der Waals surface area contributed by atoms with Crippen molar-refractivity contribution in [3.63, 3.8) is 0 Å². The number of fused-ring (bicyclic) bond motifs is 1. The average molecular weight is 466 g/mol. The summed E-state index contributed by atoms with van der Waals surface area (Å²) in [5.74, 6) is 2.66. The molecule has 0 saturated heterocycles. The van der Waals surface area contributed by atoms with Crippen LogP contribution in [0.1, 0.15) is 37.3 Å². The highest BCUT2D eigenvalue weighted by Gasteiger charge is 2.41. The predicted octanol–water partition coefficient (Wildman–Crippen LogP) is 2.84. The van der Waals surface area contributed by atoms with Crippen molar-refractivity contribution in [3.8, 4) is 11.4 Å². The first kappa shape index (κ1) is 23.1. The summed E-state index contributed by atoms with van der Waals surface area (Å²) >= 11 is 0. The fourth-order valence-corrected chi connectivity index (χ4v) is 5.25. The molecule has 0 amide bonds. The van der Waals surface area contributed by atoms with Crippen molar-refractivity contribution in [3.05, 3.63) is 35.4 Å².